The van der Waals surface area contributed by atoms with Crippen LogP contribution in [-0.4, -0.2) is 26.0 Å². The van der Waals surface area contributed by atoms with E-state index in [-0.39, 0.29) is 5.75 Å². The summed E-state index contributed by atoms with van der Waals surface area (Å²) in [6, 6.07) is 9.48. The third kappa shape index (κ3) is 2.45. The van der Waals surface area contributed by atoms with Crippen LogP contribution in [0.1, 0.15) is 13.8 Å². The standard InChI is InChI=1S/C14H17N4O3S/c1-3-22(19,20)21-18-13(15)10(2)16-17-9-8-11-6-4-5-7-12(11)14(17)18/h4-9,13H,3,15H2,1-2H3/q+1. The molecule has 0 spiro atoms. The van der Waals surface area contributed by atoms with Crippen LogP contribution in [0, 0.1) is 0 Å². The summed E-state index contributed by atoms with van der Waals surface area (Å²) in [4.78, 5) is 0. The molecule has 1 unspecified atom stereocenters. The Morgan fingerprint density at radius 1 is 1.36 bits per heavy atom. The van der Waals surface area contributed by atoms with Crippen LogP contribution in [0.4, 0.5) is 5.82 Å². The first-order valence-electron chi connectivity index (χ1n) is 6.89. The monoisotopic (exact) mass is 321 g/mol. The van der Waals surface area contributed by atoms with Gasteiger partial charge in [0.05, 0.1) is 11.1 Å². The second-order valence-electron chi connectivity index (χ2n) is 5.00. The molecule has 3 rings (SSSR count). The topological polar surface area (TPSA) is 88.9 Å². The molecular weight excluding hydrogens is 304 g/mol. The number of rotatable bonds is 3. The summed E-state index contributed by atoms with van der Waals surface area (Å²) in [6.07, 6.45) is 0.981. The zero-order chi connectivity index (χ0) is 15.9. The largest absolute Gasteiger partial charge is 0.343 e. The summed E-state index contributed by atoms with van der Waals surface area (Å²) in [5, 5.41) is 7.34. The van der Waals surface area contributed by atoms with Gasteiger partial charge in [-0.3, -0.25) is 5.73 Å². The molecule has 0 saturated heterocycles. The maximum atomic E-state index is 11.9. The van der Waals surface area contributed by atoms with Crippen molar-refractivity contribution in [2.24, 2.45) is 10.8 Å². The molecule has 2 heterocycles. The van der Waals surface area contributed by atoms with Gasteiger partial charge in [0.15, 0.2) is 0 Å². The highest BCUT2D eigenvalue weighted by Gasteiger charge is 2.40. The van der Waals surface area contributed by atoms with E-state index >= 15 is 0 Å². The highest BCUT2D eigenvalue weighted by molar-refractivity contribution is 7.86. The van der Waals surface area contributed by atoms with Crippen LogP contribution in [0.15, 0.2) is 41.6 Å². The van der Waals surface area contributed by atoms with E-state index in [0.717, 1.165) is 10.8 Å². The number of anilines is 1. The van der Waals surface area contributed by atoms with Crippen molar-refractivity contribution in [3.8, 4) is 0 Å². The van der Waals surface area contributed by atoms with E-state index in [1.54, 1.807) is 17.8 Å². The smallest absolute Gasteiger partial charge is 0.285 e. The lowest BCUT2D eigenvalue weighted by atomic mass is 10.1. The van der Waals surface area contributed by atoms with Gasteiger partial charge in [0, 0.05) is 0 Å². The highest BCUT2D eigenvalue weighted by Crippen LogP contribution is 2.27. The van der Waals surface area contributed by atoms with Crippen LogP contribution in [0.2, 0.25) is 0 Å². The minimum atomic E-state index is -3.71. The molecule has 116 valence electrons. The predicted octanol–water partition coefficient (Wildman–Crippen LogP) is 0.737. The zero-order valence-corrected chi connectivity index (χ0v) is 13.1. The van der Waals surface area contributed by atoms with Crippen LogP contribution < -0.4 is 15.5 Å². The number of aromatic nitrogens is 1. The second-order valence-corrected chi connectivity index (χ2v) is 6.85. The van der Waals surface area contributed by atoms with Gasteiger partial charge in [0.25, 0.3) is 0 Å². The molecule has 8 heteroatoms. The number of hydroxylamine groups is 1. The van der Waals surface area contributed by atoms with Gasteiger partial charge in [0.1, 0.15) is 11.9 Å². The zero-order valence-electron chi connectivity index (χ0n) is 12.3. The fourth-order valence-electron chi connectivity index (χ4n) is 2.28. The highest BCUT2D eigenvalue weighted by atomic mass is 32.2. The predicted molar refractivity (Wildman–Crippen MR) is 83.7 cm³/mol. The number of benzene rings is 1. The number of nitrogens with zero attached hydrogens (tertiary/aromatic N) is 3. The van der Waals surface area contributed by atoms with Gasteiger partial charge < -0.3 is 0 Å². The summed E-state index contributed by atoms with van der Waals surface area (Å²) in [7, 11) is -3.71. The Balaban J connectivity index is 2.25. The van der Waals surface area contributed by atoms with Gasteiger partial charge in [-0.15, -0.1) is 4.68 Å². The van der Waals surface area contributed by atoms with E-state index in [1.807, 2.05) is 30.3 Å². The van der Waals surface area contributed by atoms with Crippen molar-refractivity contribution in [1.29, 1.82) is 0 Å². The van der Waals surface area contributed by atoms with Crippen molar-refractivity contribution in [2.75, 3.05) is 10.8 Å². The third-order valence-electron chi connectivity index (χ3n) is 3.52. The molecule has 1 aliphatic rings. The molecular formula is C14H17N4O3S+. The number of fused-ring (bicyclic) bond motifs is 3. The van der Waals surface area contributed by atoms with Gasteiger partial charge in [-0.05, 0) is 31.4 Å². The molecule has 0 fully saturated rings. The fraction of sp³-hybridized carbons (Fsp3) is 0.286. The van der Waals surface area contributed by atoms with Gasteiger partial charge in [-0.2, -0.15) is 8.42 Å². The molecule has 0 bridgehead atoms. The van der Waals surface area contributed by atoms with E-state index in [4.69, 9.17) is 10.0 Å². The van der Waals surface area contributed by atoms with Crippen molar-refractivity contribution in [1.82, 2.24) is 0 Å². The van der Waals surface area contributed by atoms with E-state index in [2.05, 4.69) is 5.10 Å². The van der Waals surface area contributed by atoms with E-state index in [9.17, 15) is 8.42 Å². The minimum Gasteiger partial charge on any atom is -0.285 e. The normalized spacial score (nSPS) is 18.2. The molecule has 1 atom stereocenters. The number of nitrogens with two attached hydrogens (primary N) is 1. The lowest BCUT2D eigenvalue weighted by Crippen LogP contribution is -2.57. The Bertz CT molecular complexity index is 864. The number of hydrogen-bond acceptors (Lipinski definition) is 6. The molecule has 1 aromatic heterocycles. The molecule has 2 N–H and O–H groups in total. The van der Waals surface area contributed by atoms with Gasteiger partial charge in [-0.25, -0.2) is 0 Å². The van der Waals surface area contributed by atoms with Crippen molar-refractivity contribution in [3.05, 3.63) is 36.5 Å². The Labute approximate surface area is 128 Å². The first-order valence-corrected chi connectivity index (χ1v) is 8.46. The maximum Gasteiger partial charge on any atom is 0.343 e. The SMILES string of the molecule is CCS(=O)(=O)ON1c2c3ccccc3cc[n+]2N=C(C)C1N. The van der Waals surface area contributed by atoms with Crippen LogP contribution in [0.3, 0.4) is 0 Å². The molecule has 2 aromatic rings. The Hall–Kier alpha value is -2.03. The maximum absolute atomic E-state index is 11.9. The molecule has 0 aliphatic carbocycles. The van der Waals surface area contributed by atoms with Crippen LogP contribution in [-0.2, 0) is 14.4 Å². The average molecular weight is 321 g/mol. The van der Waals surface area contributed by atoms with Gasteiger partial charge >= 0.3 is 15.9 Å². The van der Waals surface area contributed by atoms with E-state index < -0.39 is 16.3 Å². The quantitative estimate of drug-likeness (QED) is 0.842. The first-order chi connectivity index (χ1) is 10.4. The molecule has 0 radical (unpaired) electrons. The lowest BCUT2D eigenvalue weighted by molar-refractivity contribution is -0.668. The van der Waals surface area contributed by atoms with Crippen LogP contribution >= 0.6 is 0 Å². The molecule has 0 saturated carbocycles. The summed E-state index contributed by atoms with van der Waals surface area (Å²) < 4.78 is 30.6. The minimum absolute atomic E-state index is 0.142. The van der Waals surface area contributed by atoms with Crippen molar-refractivity contribution >= 4 is 32.4 Å². The average Bonchev–Trinajstić information content (AvgIpc) is 2.51. The first kappa shape index (κ1) is 14.9. The Morgan fingerprint density at radius 3 is 2.82 bits per heavy atom. The fourth-order valence-corrected chi connectivity index (χ4v) is 2.79. The number of pyridine rings is 1. The van der Waals surface area contributed by atoms with Gasteiger partial charge in [-0.1, -0.05) is 32.6 Å². The van der Waals surface area contributed by atoms with Crippen molar-refractivity contribution in [3.63, 3.8) is 0 Å². The van der Waals surface area contributed by atoms with E-state index in [1.165, 1.54) is 12.0 Å². The van der Waals surface area contributed by atoms with Crippen LogP contribution in [0.25, 0.3) is 10.8 Å². The number of hydrogen-bond donors (Lipinski definition) is 1. The molecule has 7 nitrogen and oxygen atoms in total. The molecule has 22 heavy (non-hydrogen) atoms. The lowest BCUT2D eigenvalue weighted by Gasteiger charge is -2.24. The Morgan fingerprint density at radius 2 is 2.09 bits per heavy atom. The molecule has 0 amide bonds. The van der Waals surface area contributed by atoms with Crippen molar-refractivity contribution < 1.29 is 17.4 Å². The summed E-state index contributed by atoms with van der Waals surface area (Å²) in [5.41, 5.74) is 6.64. The Kier molecular flexibility index (Phi) is 3.59. The summed E-state index contributed by atoms with van der Waals surface area (Å²) in [5.74, 6) is 0.352. The van der Waals surface area contributed by atoms with Crippen molar-refractivity contribution in [2.45, 2.75) is 20.0 Å². The van der Waals surface area contributed by atoms with Gasteiger partial charge in [0.2, 0.25) is 6.17 Å². The third-order valence-corrected chi connectivity index (χ3v) is 4.61. The molecule has 1 aromatic carbocycles. The van der Waals surface area contributed by atoms with E-state index in [0.29, 0.717) is 11.5 Å². The second kappa shape index (κ2) is 5.31. The summed E-state index contributed by atoms with van der Waals surface area (Å²) in [6.45, 7) is 3.24. The summed E-state index contributed by atoms with van der Waals surface area (Å²) >= 11 is 0. The molecule has 1 aliphatic heterocycles. The van der Waals surface area contributed by atoms with Crippen LogP contribution in [0.5, 0.6) is 0 Å².